The quantitative estimate of drug-likeness (QED) is 0.396. The van der Waals surface area contributed by atoms with E-state index < -0.39 is 12.1 Å². The van der Waals surface area contributed by atoms with Crippen molar-refractivity contribution in [3.63, 3.8) is 0 Å². The molecule has 1 aliphatic carbocycles. The number of carbonyl (C=O) groups excluding carboxylic acids is 2. The minimum atomic E-state index is -0.705. The van der Waals surface area contributed by atoms with Crippen molar-refractivity contribution in [1.29, 1.82) is 0 Å². The van der Waals surface area contributed by atoms with Crippen molar-refractivity contribution in [2.45, 2.75) is 38.1 Å². The molecule has 3 aromatic carbocycles. The van der Waals surface area contributed by atoms with Gasteiger partial charge in [0.05, 0.1) is 0 Å². The fraction of sp³-hybridized carbons (Fsp3) is 0.286. The second-order valence-electron chi connectivity index (χ2n) is 8.66. The molecule has 0 bridgehead atoms. The van der Waals surface area contributed by atoms with Crippen molar-refractivity contribution in [1.82, 2.24) is 5.32 Å². The van der Waals surface area contributed by atoms with Gasteiger partial charge in [0.1, 0.15) is 12.6 Å². The molecule has 176 valence electrons. The summed E-state index contributed by atoms with van der Waals surface area (Å²) >= 11 is 0. The van der Waals surface area contributed by atoms with Crippen molar-refractivity contribution >= 4 is 17.7 Å². The number of unbranched alkanes of at least 4 members (excludes halogenated alkanes) is 1. The summed E-state index contributed by atoms with van der Waals surface area (Å²) in [7, 11) is 0. The molecule has 0 aromatic heterocycles. The Balaban J connectivity index is 1.40. The van der Waals surface area contributed by atoms with E-state index in [-0.39, 0.29) is 18.4 Å². The van der Waals surface area contributed by atoms with Crippen LogP contribution in [0.1, 0.15) is 41.9 Å². The first kappa shape index (κ1) is 23.5. The first-order valence-corrected chi connectivity index (χ1v) is 11.8. The zero-order valence-corrected chi connectivity index (χ0v) is 19.4. The molecular weight excluding hydrogens is 426 g/mol. The van der Waals surface area contributed by atoms with Crippen LogP contribution in [0.25, 0.3) is 11.1 Å². The van der Waals surface area contributed by atoms with Crippen LogP contribution in [0.2, 0.25) is 0 Å². The molecule has 0 heterocycles. The van der Waals surface area contributed by atoms with E-state index in [4.69, 9.17) is 10.5 Å². The Kier molecular flexibility index (Phi) is 7.60. The highest BCUT2D eigenvalue weighted by Gasteiger charge is 2.29. The Hall–Kier alpha value is -3.64. The number of ether oxygens (including phenoxy) is 1. The normalized spacial score (nSPS) is 13.0. The summed E-state index contributed by atoms with van der Waals surface area (Å²) in [4.78, 5) is 25.6. The highest BCUT2D eigenvalue weighted by Crippen LogP contribution is 2.44. The van der Waals surface area contributed by atoms with Crippen LogP contribution in [-0.4, -0.2) is 31.2 Å². The Bertz CT molecular complexity index is 1100. The first-order chi connectivity index (χ1) is 16.6. The largest absolute Gasteiger partial charge is 0.449 e. The van der Waals surface area contributed by atoms with E-state index in [1.807, 2.05) is 55.5 Å². The SMILES string of the molecule is Cc1ccc(NC(=O)[C@@H](CCCCN)NC(=O)OCC2c3ccccc3-c3ccccc32)cc1. The third kappa shape index (κ3) is 5.46. The van der Waals surface area contributed by atoms with Crippen molar-refractivity contribution in [2.75, 3.05) is 18.5 Å². The Labute approximate surface area is 200 Å². The van der Waals surface area contributed by atoms with Gasteiger partial charge < -0.3 is 21.1 Å². The summed E-state index contributed by atoms with van der Waals surface area (Å²) in [5.41, 5.74) is 12.0. The molecule has 34 heavy (non-hydrogen) atoms. The molecule has 2 amide bonds. The first-order valence-electron chi connectivity index (χ1n) is 11.8. The van der Waals surface area contributed by atoms with E-state index in [0.29, 0.717) is 18.7 Å². The number of nitrogens with one attached hydrogen (secondary N) is 2. The lowest BCUT2D eigenvalue weighted by atomic mass is 9.98. The van der Waals surface area contributed by atoms with E-state index >= 15 is 0 Å². The van der Waals surface area contributed by atoms with Crippen molar-refractivity contribution in [3.8, 4) is 11.1 Å². The smallest absolute Gasteiger partial charge is 0.407 e. The summed E-state index contributed by atoms with van der Waals surface area (Å²) in [5.74, 6) is -0.301. The molecule has 0 fully saturated rings. The molecule has 4 N–H and O–H groups in total. The molecule has 0 radical (unpaired) electrons. The zero-order valence-electron chi connectivity index (χ0n) is 19.4. The van der Waals surface area contributed by atoms with E-state index in [1.165, 1.54) is 11.1 Å². The van der Waals surface area contributed by atoms with Crippen LogP contribution < -0.4 is 16.4 Å². The van der Waals surface area contributed by atoms with E-state index in [0.717, 1.165) is 29.5 Å². The molecule has 1 atom stereocenters. The van der Waals surface area contributed by atoms with Crippen molar-refractivity contribution in [3.05, 3.63) is 89.5 Å². The molecule has 1 aliphatic rings. The van der Waals surface area contributed by atoms with Crippen LogP contribution in [0.15, 0.2) is 72.8 Å². The number of aryl methyl sites for hydroxylation is 1. The highest BCUT2D eigenvalue weighted by atomic mass is 16.5. The third-order valence-corrected chi connectivity index (χ3v) is 6.22. The number of carbonyl (C=O) groups is 2. The van der Waals surface area contributed by atoms with Crippen LogP contribution in [0.4, 0.5) is 10.5 Å². The summed E-state index contributed by atoms with van der Waals surface area (Å²) in [6.45, 7) is 2.73. The number of alkyl carbamates (subject to hydrolysis) is 1. The number of hydrogen-bond acceptors (Lipinski definition) is 4. The van der Waals surface area contributed by atoms with Gasteiger partial charge in [-0.2, -0.15) is 0 Å². The Morgan fingerprint density at radius 2 is 1.53 bits per heavy atom. The van der Waals surface area contributed by atoms with Gasteiger partial charge in [-0.15, -0.1) is 0 Å². The zero-order chi connectivity index (χ0) is 23.9. The summed E-state index contributed by atoms with van der Waals surface area (Å²) < 4.78 is 5.64. The fourth-order valence-electron chi connectivity index (χ4n) is 4.41. The molecule has 4 rings (SSSR count). The van der Waals surface area contributed by atoms with Gasteiger partial charge in [-0.1, -0.05) is 66.2 Å². The van der Waals surface area contributed by atoms with Gasteiger partial charge >= 0.3 is 6.09 Å². The van der Waals surface area contributed by atoms with Gasteiger partial charge in [-0.25, -0.2) is 4.79 Å². The summed E-state index contributed by atoms with van der Waals surface area (Å²) in [6, 6.07) is 23.2. The highest BCUT2D eigenvalue weighted by molar-refractivity contribution is 5.96. The average Bonchev–Trinajstić information content (AvgIpc) is 3.17. The second kappa shape index (κ2) is 11.0. The number of fused-ring (bicyclic) bond motifs is 3. The van der Waals surface area contributed by atoms with Gasteiger partial charge in [-0.05, 0) is 67.1 Å². The maximum atomic E-state index is 12.9. The predicted molar refractivity (Wildman–Crippen MR) is 135 cm³/mol. The summed E-state index contributed by atoms with van der Waals surface area (Å²) in [6.07, 6.45) is 1.39. The molecule has 0 saturated heterocycles. The molecule has 6 heteroatoms. The molecular formula is C28H31N3O3. The number of amides is 2. The van der Waals surface area contributed by atoms with Crippen LogP contribution >= 0.6 is 0 Å². The monoisotopic (exact) mass is 457 g/mol. The molecule has 0 aliphatic heterocycles. The summed E-state index contributed by atoms with van der Waals surface area (Å²) in [5, 5.41) is 5.65. The molecule has 0 unspecified atom stereocenters. The lowest BCUT2D eigenvalue weighted by Gasteiger charge is -2.20. The Morgan fingerprint density at radius 3 is 2.15 bits per heavy atom. The second-order valence-corrected chi connectivity index (χ2v) is 8.66. The van der Waals surface area contributed by atoms with Gasteiger partial charge in [0.2, 0.25) is 5.91 Å². The van der Waals surface area contributed by atoms with Crippen LogP contribution in [-0.2, 0) is 9.53 Å². The fourth-order valence-corrected chi connectivity index (χ4v) is 4.41. The van der Waals surface area contributed by atoms with E-state index in [1.54, 1.807) is 0 Å². The van der Waals surface area contributed by atoms with Crippen LogP contribution in [0.3, 0.4) is 0 Å². The minimum Gasteiger partial charge on any atom is -0.449 e. The Morgan fingerprint density at radius 1 is 0.912 bits per heavy atom. The topological polar surface area (TPSA) is 93.5 Å². The van der Waals surface area contributed by atoms with Gasteiger partial charge in [0.15, 0.2) is 0 Å². The van der Waals surface area contributed by atoms with Crippen LogP contribution in [0.5, 0.6) is 0 Å². The number of rotatable bonds is 9. The van der Waals surface area contributed by atoms with E-state index in [9.17, 15) is 9.59 Å². The molecule has 6 nitrogen and oxygen atoms in total. The molecule has 0 spiro atoms. The molecule has 3 aromatic rings. The third-order valence-electron chi connectivity index (χ3n) is 6.22. The number of hydrogen-bond donors (Lipinski definition) is 3. The van der Waals surface area contributed by atoms with Gasteiger partial charge in [-0.3, -0.25) is 4.79 Å². The predicted octanol–water partition coefficient (Wildman–Crippen LogP) is 4.97. The van der Waals surface area contributed by atoms with E-state index in [2.05, 4.69) is 34.9 Å². The van der Waals surface area contributed by atoms with Crippen LogP contribution in [0, 0.1) is 6.92 Å². The lowest BCUT2D eigenvalue weighted by Crippen LogP contribution is -2.44. The number of benzene rings is 3. The van der Waals surface area contributed by atoms with Crippen molar-refractivity contribution in [2.24, 2.45) is 5.73 Å². The minimum absolute atomic E-state index is 0.0322. The number of anilines is 1. The van der Waals surface area contributed by atoms with Crippen molar-refractivity contribution < 1.29 is 14.3 Å². The van der Waals surface area contributed by atoms with Gasteiger partial charge in [0.25, 0.3) is 0 Å². The average molecular weight is 458 g/mol. The standard InChI is InChI=1S/C28H31N3O3/c1-19-13-15-20(16-14-19)30-27(32)26(12-6-7-17-29)31-28(33)34-18-25-23-10-4-2-8-21(23)22-9-3-5-11-24(22)25/h2-5,8-11,13-16,25-26H,6-7,12,17-18,29H2,1H3,(H,30,32)(H,31,33)/t26-/m1/s1. The maximum Gasteiger partial charge on any atom is 0.407 e. The van der Waals surface area contributed by atoms with Gasteiger partial charge in [0, 0.05) is 11.6 Å². The molecule has 0 saturated carbocycles. The lowest BCUT2D eigenvalue weighted by molar-refractivity contribution is -0.118. The maximum absolute atomic E-state index is 12.9. The number of nitrogens with two attached hydrogens (primary N) is 1.